The van der Waals surface area contributed by atoms with Crippen molar-refractivity contribution in [3.63, 3.8) is 0 Å². The third-order valence-electron chi connectivity index (χ3n) is 3.56. The van der Waals surface area contributed by atoms with Crippen LogP contribution in [0.5, 0.6) is 0 Å². The number of nitrogens with zero attached hydrogens (tertiary/aromatic N) is 4. The maximum Gasteiger partial charge on any atom is 0.153 e. The van der Waals surface area contributed by atoms with Gasteiger partial charge >= 0.3 is 0 Å². The Morgan fingerprint density at radius 1 is 1.31 bits per heavy atom. The van der Waals surface area contributed by atoms with Crippen molar-refractivity contribution in [1.29, 1.82) is 0 Å². The van der Waals surface area contributed by atoms with Crippen LogP contribution in [0.1, 0.15) is 12.8 Å². The molecule has 4 nitrogen and oxygen atoms in total. The van der Waals surface area contributed by atoms with E-state index in [1.165, 1.54) is 19.4 Å². The highest BCUT2D eigenvalue weighted by Crippen LogP contribution is 2.25. The van der Waals surface area contributed by atoms with Gasteiger partial charge in [-0.25, -0.2) is 0 Å². The zero-order valence-electron chi connectivity index (χ0n) is 9.14. The standard InChI is InChI=1S/C11H15ClN4/c12-11-6-10(7-13-14-11)16-5-4-15-3-1-2-9(15)8-16/h6-7,9H,1-5,8H2. The largest absolute Gasteiger partial charge is 0.367 e. The molecule has 2 saturated heterocycles. The van der Waals surface area contributed by atoms with Crippen molar-refractivity contribution < 1.29 is 0 Å². The molecule has 2 fully saturated rings. The van der Waals surface area contributed by atoms with Crippen molar-refractivity contribution >= 4 is 17.3 Å². The zero-order chi connectivity index (χ0) is 11.0. The monoisotopic (exact) mass is 238 g/mol. The highest BCUT2D eigenvalue weighted by molar-refractivity contribution is 6.29. The average Bonchev–Trinajstić information content (AvgIpc) is 2.75. The van der Waals surface area contributed by atoms with Crippen molar-refractivity contribution in [2.45, 2.75) is 18.9 Å². The average molecular weight is 239 g/mol. The van der Waals surface area contributed by atoms with Crippen LogP contribution in [0.4, 0.5) is 5.69 Å². The lowest BCUT2D eigenvalue weighted by molar-refractivity contribution is 0.231. The van der Waals surface area contributed by atoms with Gasteiger partial charge in [0.1, 0.15) is 0 Å². The number of halogens is 1. The Labute approximate surface area is 100 Å². The van der Waals surface area contributed by atoms with E-state index in [0.717, 1.165) is 31.4 Å². The van der Waals surface area contributed by atoms with E-state index < -0.39 is 0 Å². The third kappa shape index (κ3) is 1.87. The van der Waals surface area contributed by atoms with Gasteiger partial charge in [0.15, 0.2) is 5.15 Å². The summed E-state index contributed by atoms with van der Waals surface area (Å²) in [5.41, 5.74) is 1.10. The van der Waals surface area contributed by atoms with Crippen LogP contribution in [-0.4, -0.2) is 47.3 Å². The SMILES string of the molecule is Clc1cc(N2CCN3CCCC3C2)cnn1. The van der Waals surface area contributed by atoms with Gasteiger partial charge in [-0.05, 0) is 19.4 Å². The highest BCUT2D eigenvalue weighted by Gasteiger charge is 2.30. The summed E-state index contributed by atoms with van der Waals surface area (Å²) in [6.07, 6.45) is 4.47. The number of fused-ring (bicyclic) bond motifs is 1. The summed E-state index contributed by atoms with van der Waals surface area (Å²) >= 11 is 5.86. The van der Waals surface area contributed by atoms with Gasteiger partial charge in [0.2, 0.25) is 0 Å². The van der Waals surface area contributed by atoms with Gasteiger partial charge in [0.25, 0.3) is 0 Å². The summed E-state index contributed by atoms with van der Waals surface area (Å²) in [6.45, 7) is 4.60. The fourth-order valence-electron chi connectivity index (χ4n) is 2.73. The number of aromatic nitrogens is 2. The molecule has 0 aliphatic carbocycles. The Morgan fingerprint density at radius 2 is 2.25 bits per heavy atom. The predicted molar refractivity (Wildman–Crippen MR) is 63.9 cm³/mol. The summed E-state index contributed by atoms with van der Waals surface area (Å²) in [5, 5.41) is 8.17. The summed E-state index contributed by atoms with van der Waals surface area (Å²) in [7, 11) is 0. The normalized spacial score (nSPS) is 25.8. The Morgan fingerprint density at radius 3 is 3.12 bits per heavy atom. The molecule has 0 N–H and O–H groups in total. The first-order valence-corrected chi connectivity index (χ1v) is 6.18. The third-order valence-corrected chi connectivity index (χ3v) is 3.75. The highest BCUT2D eigenvalue weighted by atomic mass is 35.5. The second kappa shape index (κ2) is 4.18. The minimum atomic E-state index is 0.478. The smallest absolute Gasteiger partial charge is 0.153 e. The molecular weight excluding hydrogens is 224 g/mol. The van der Waals surface area contributed by atoms with Gasteiger partial charge in [-0.2, -0.15) is 5.10 Å². The van der Waals surface area contributed by atoms with Crippen LogP contribution in [0.2, 0.25) is 5.15 Å². The Kier molecular flexibility index (Phi) is 2.69. The lowest BCUT2D eigenvalue weighted by Crippen LogP contribution is -2.50. The molecule has 0 spiro atoms. The van der Waals surface area contributed by atoms with Crippen molar-refractivity contribution in [2.24, 2.45) is 0 Å². The fraction of sp³-hybridized carbons (Fsp3) is 0.636. The van der Waals surface area contributed by atoms with Gasteiger partial charge in [-0.1, -0.05) is 11.6 Å². The number of anilines is 1. The van der Waals surface area contributed by atoms with Gasteiger partial charge in [0.05, 0.1) is 11.9 Å². The summed E-state index contributed by atoms with van der Waals surface area (Å²) in [4.78, 5) is 4.96. The summed E-state index contributed by atoms with van der Waals surface area (Å²) in [6, 6.07) is 2.62. The first-order chi connectivity index (χ1) is 7.83. The lowest BCUT2D eigenvalue weighted by Gasteiger charge is -2.38. The lowest BCUT2D eigenvalue weighted by atomic mass is 10.1. The van der Waals surface area contributed by atoms with Gasteiger partial charge in [-0.3, -0.25) is 4.90 Å². The second-order valence-electron chi connectivity index (χ2n) is 4.51. The van der Waals surface area contributed by atoms with Gasteiger partial charge in [0, 0.05) is 31.7 Å². The minimum Gasteiger partial charge on any atom is -0.367 e. The van der Waals surface area contributed by atoms with E-state index in [9.17, 15) is 0 Å². The molecule has 1 aromatic rings. The van der Waals surface area contributed by atoms with Crippen molar-refractivity contribution in [3.8, 4) is 0 Å². The van der Waals surface area contributed by atoms with Crippen LogP contribution < -0.4 is 4.90 Å². The fourth-order valence-corrected chi connectivity index (χ4v) is 2.89. The molecule has 0 amide bonds. The molecule has 5 heteroatoms. The van der Waals surface area contributed by atoms with Crippen molar-refractivity contribution in [3.05, 3.63) is 17.4 Å². The molecule has 3 rings (SSSR count). The summed E-state index contributed by atoms with van der Waals surface area (Å²) in [5.74, 6) is 0. The van der Waals surface area contributed by atoms with E-state index in [1.54, 1.807) is 6.20 Å². The van der Waals surface area contributed by atoms with Gasteiger partial charge in [-0.15, -0.1) is 5.10 Å². The van der Waals surface area contributed by atoms with Crippen LogP contribution in [0.3, 0.4) is 0 Å². The molecule has 1 aromatic heterocycles. The molecule has 0 radical (unpaired) electrons. The number of hydrogen-bond acceptors (Lipinski definition) is 4. The van der Waals surface area contributed by atoms with E-state index in [-0.39, 0.29) is 0 Å². The first-order valence-electron chi connectivity index (χ1n) is 5.80. The molecular formula is C11H15ClN4. The van der Waals surface area contributed by atoms with Crippen LogP contribution in [0.15, 0.2) is 12.3 Å². The second-order valence-corrected chi connectivity index (χ2v) is 4.90. The van der Waals surface area contributed by atoms with E-state index in [1.807, 2.05) is 6.07 Å². The van der Waals surface area contributed by atoms with Crippen molar-refractivity contribution in [1.82, 2.24) is 15.1 Å². The van der Waals surface area contributed by atoms with E-state index in [4.69, 9.17) is 11.6 Å². The molecule has 1 unspecified atom stereocenters. The molecule has 86 valence electrons. The number of piperazine rings is 1. The summed E-state index contributed by atoms with van der Waals surface area (Å²) < 4.78 is 0. The van der Waals surface area contributed by atoms with E-state index in [0.29, 0.717) is 5.15 Å². The number of rotatable bonds is 1. The number of hydrogen-bond donors (Lipinski definition) is 0. The van der Waals surface area contributed by atoms with E-state index in [2.05, 4.69) is 20.0 Å². The molecule has 0 bridgehead atoms. The maximum absolute atomic E-state index is 5.86. The maximum atomic E-state index is 5.86. The molecule has 3 heterocycles. The molecule has 0 saturated carbocycles. The van der Waals surface area contributed by atoms with E-state index >= 15 is 0 Å². The molecule has 1 atom stereocenters. The topological polar surface area (TPSA) is 32.3 Å². The molecule has 0 aromatic carbocycles. The quantitative estimate of drug-likeness (QED) is 0.741. The van der Waals surface area contributed by atoms with Crippen LogP contribution >= 0.6 is 11.6 Å². The first kappa shape index (κ1) is 10.3. The predicted octanol–water partition coefficient (Wildman–Crippen LogP) is 1.41. The van der Waals surface area contributed by atoms with Crippen LogP contribution in [0, 0.1) is 0 Å². The molecule has 16 heavy (non-hydrogen) atoms. The molecule has 2 aliphatic heterocycles. The molecule has 2 aliphatic rings. The Balaban J connectivity index is 1.76. The zero-order valence-corrected chi connectivity index (χ0v) is 9.90. The van der Waals surface area contributed by atoms with Crippen molar-refractivity contribution in [2.75, 3.05) is 31.1 Å². The minimum absolute atomic E-state index is 0.478. The van der Waals surface area contributed by atoms with Crippen LogP contribution in [0.25, 0.3) is 0 Å². The Bertz CT molecular complexity index is 384. The van der Waals surface area contributed by atoms with Gasteiger partial charge < -0.3 is 4.90 Å². The van der Waals surface area contributed by atoms with Crippen LogP contribution in [-0.2, 0) is 0 Å². The Hall–Kier alpha value is -0.870.